The summed E-state index contributed by atoms with van der Waals surface area (Å²) < 4.78 is 13.9. The molecule has 0 saturated carbocycles. The summed E-state index contributed by atoms with van der Waals surface area (Å²) in [5.74, 6) is 0.731. The van der Waals surface area contributed by atoms with Gasteiger partial charge in [-0.15, -0.1) is 0 Å². The number of benzene rings is 1. The van der Waals surface area contributed by atoms with E-state index in [4.69, 9.17) is 0 Å². The summed E-state index contributed by atoms with van der Waals surface area (Å²) in [4.78, 5) is 33.3. The van der Waals surface area contributed by atoms with Crippen LogP contribution in [0.1, 0.15) is 5.82 Å². The van der Waals surface area contributed by atoms with Crippen molar-refractivity contribution in [3.8, 4) is 0 Å². The minimum absolute atomic E-state index is 0.0398. The summed E-state index contributed by atoms with van der Waals surface area (Å²) in [6.45, 7) is 4.17. The van der Waals surface area contributed by atoms with Crippen LogP contribution in [0, 0.1) is 12.7 Å². The van der Waals surface area contributed by atoms with Gasteiger partial charge in [-0.2, -0.15) is 0 Å². The number of hydrogen-bond acceptors (Lipinski definition) is 7. The summed E-state index contributed by atoms with van der Waals surface area (Å²) in [5.41, 5.74) is 1.17. The molecule has 4 rings (SSSR count). The molecule has 0 radical (unpaired) electrons. The van der Waals surface area contributed by atoms with Crippen molar-refractivity contribution in [2.75, 3.05) is 36.8 Å². The number of aromatic nitrogens is 4. The van der Waals surface area contributed by atoms with Gasteiger partial charge in [-0.25, -0.2) is 24.3 Å². The molecule has 0 unspecified atom stereocenters. The Morgan fingerprint density at radius 2 is 1.93 bits per heavy atom. The Hall–Kier alpha value is -2.81. The van der Waals surface area contributed by atoms with Crippen LogP contribution in [-0.4, -0.2) is 62.7 Å². The smallest absolute Gasteiger partial charge is 0.233 e. The lowest BCUT2D eigenvalue weighted by Crippen LogP contribution is -2.49. The number of nitrogens with zero attached hydrogens (tertiary/aromatic N) is 6. The summed E-state index contributed by atoms with van der Waals surface area (Å²) >= 11 is 1.36. The number of amides is 1. The van der Waals surface area contributed by atoms with Crippen LogP contribution in [0.25, 0.3) is 11.0 Å². The van der Waals surface area contributed by atoms with Gasteiger partial charge in [0.25, 0.3) is 0 Å². The lowest BCUT2D eigenvalue weighted by molar-refractivity contribution is -0.128. The van der Waals surface area contributed by atoms with Crippen molar-refractivity contribution >= 4 is 34.4 Å². The van der Waals surface area contributed by atoms with E-state index in [0.717, 1.165) is 5.39 Å². The Kier molecular flexibility index (Phi) is 5.34. The molecule has 1 aliphatic heterocycles. The Morgan fingerprint density at radius 1 is 1.14 bits per heavy atom. The van der Waals surface area contributed by atoms with E-state index < -0.39 is 0 Å². The van der Waals surface area contributed by atoms with E-state index in [0.29, 0.717) is 48.4 Å². The van der Waals surface area contributed by atoms with Crippen molar-refractivity contribution < 1.29 is 9.18 Å². The van der Waals surface area contributed by atoms with E-state index in [9.17, 15) is 9.18 Å². The number of carbonyl (C=O) groups is 1. The second-order valence-corrected chi connectivity index (χ2v) is 7.41. The molecule has 1 amide bonds. The molecule has 0 bridgehead atoms. The van der Waals surface area contributed by atoms with E-state index >= 15 is 0 Å². The molecule has 2 aromatic heterocycles. The van der Waals surface area contributed by atoms with Crippen LogP contribution >= 0.6 is 11.8 Å². The normalized spacial score (nSPS) is 14.5. The first-order chi connectivity index (χ1) is 13.6. The third kappa shape index (κ3) is 3.89. The van der Waals surface area contributed by atoms with E-state index in [1.807, 2.05) is 15.9 Å². The molecule has 0 atom stereocenters. The number of fused-ring (bicyclic) bond motifs is 1. The zero-order chi connectivity index (χ0) is 19.5. The fourth-order valence-electron chi connectivity index (χ4n) is 3.15. The quantitative estimate of drug-likeness (QED) is 0.493. The lowest BCUT2D eigenvalue weighted by atomic mass is 10.2. The Balaban J connectivity index is 1.36. The average molecular weight is 398 g/mol. The standard InChI is InChI=1S/C19H19FN6OS/c1-13-21-10-14-18(24-13)22-12-23-19(14)28-11-17(27)26-8-6-25(7-9-26)16-5-3-2-4-15(16)20/h2-5,10,12H,6-9,11H2,1H3. The highest BCUT2D eigenvalue weighted by atomic mass is 32.2. The molecule has 28 heavy (non-hydrogen) atoms. The highest BCUT2D eigenvalue weighted by molar-refractivity contribution is 8.00. The molecule has 9 heteroatoms. The van der Waals surface area contributed by atoms with Crippen LogP contribution in [0.15, 0.2) is 41.8 Å². The molecular weight excluding hydrogens is 379 g/mol. The zero-order valence-corrected chi connectivity index (χ0v) is 16.2. The zero-order valence-electron chi connectivity index (χ0n) is 15.4. The minimum Gasteiger partial charge on any atom is -0.366 e. The summed E-state index contributed by atoms with van der Waals surface area (Å²) in [6, 6.07) is 6.73. The summed E-state index contributed by atoms with van der Waals surface area (Å²) in [5, 5.41) is 1.44. The summed E-state index contributed by atoms with van der Waals surface area (Å²) in [7, 11) is 0. The third-order valence-corrected chi connectivity index (χ3v) is 5.62. The van der Waals surface area contributed by atoms with E-state index in [2.05, 4.69) is 19.9 Å². The first kappa shape index (κ1) is 18.5. The van der Waals surface area contributed by atoms with Gasteiger partial charge >= 0.3 is 0 Å². The fraction of sp³-hybridized carbons (Fsp3) is 0.316. The van der Waals surface area contributed by atoms with Gasteiger partial charge in [0.1, 0.15) is 23.0 Å². The van der Waals surface area contributed by atoms with Crippen LogP contribution in [0.3, 0.4) is 0 Å². The molecule has 3 heterocycles. The molecule has 0 spiro atoms. The SMILES string of the molecule is Cc1ncc2c(SCC(=O)N3CCN(c4ccccc4F)CC3)ncnc2n1. The fourth-order valence-corrected chi connectivity index (χ4v) is 4.02. The number of aryl methyl sites for hydroxylation is 1. The van der Waals surface area contributed by atoms with Gasteiger partial charge in [0, 0.05) is 32.4 Å². The van der Waals surface area contributed by atoms with Crippen LogP contribution in [0.2, 0.25) is 0 Å². The predicted octanol–water partition coefficient (Wildman–Crippen LogP) is 2.31. The van der Waals surface area contributed by atoms with Crippen LogP contribution < -0.4 is 4.90 Å². The van der Waals surface area contributed by atoms with Gasteiger partial charge < -0.3 is 9.80 Å². The molecule has 7 nitrogen and oxygen atoms in total. The van der Waals surface area contributed by atoms with Gasteiger partial charge in [-0.3, -0.25) is 4.79 Å². The van der Waals surface area contributed by atoms with Crippen molar-refractivity contribution in [1.29, 1.82) is 0 Å². The third-order valence-electron chi connectivity index (χ3n) is 4.63. The van der Waals surface area contributed by atoms with Crippen LogP contribution in [0.5, 0.6) is 0 Å². The molecule has 1 aliphatic rings. The predicted molar refractivity (Wildman–Crippen MR) is 106 cm³/mol. The maximum absolute atomic E-state index is 13.9. The van der Waals surface area contributed by atoms with Crippen molar-refractivity contribution in [3.05, 3.63) is 48.4 Å². The maximum Gasteiger partial charge on any atom is 0.233 e. The van der Waals surface area contributed by atoms with Gasteiger partial charge in [-0.05, 0) is 19.1 Å². The first-order valence-corrected chi connectivity index (χ1v) is 9.95. The second kappa shape index (κ2) is 8.05. The van der Waals surface area contributed by atoms with E-state index in [1.54, 1.807) is 25.3 Å². The number of para-hydroxylation sites is 1. The number of hydrogen-bond donors (Lipinski definition) is 0. The van der Waals surface area contributed by atoms with Crippen molar-refractivity contribution in [2.24, 2.45) is 0 Å². The molecule has 0 N–H and O–H groups in total. The first-order valence-electron chi connectivity index (χ1n) is 8.96. The number of halogens is 1. The Labute approximate surface area is 166 Å². The molecular formula is C19H19FN6OS. The number of rotatable bonds is 4. The van der Waals surface area contributed by atoms with E-state index in [-0.39, 0.29) is 17.5 Å². The molecule has 144 valence electrons. The van der Waals surface area contributed by atoms with Crippen LogP contribution in [0.4, 0.5) is 10.1 Å². The van der Waals surface area contributed by atoms with Crippen LogP contribution in [-0.2, 0) is 4.79 Å². The molecule has 1 aromatic carbocycles. The number of anilines is 1. The monoisotopic (exact) mass is 398 g/mol. The summed E-state index contributed by atoms with van der Waals surface area (Å²) in [6.07, 6.45) is 3.15. The molecule has 0 aliphatic carbocycles. The Morgan fingerprint density at radius 3 is 2.71 bits per heavy atom. The average Bonchev–Trinajstić information content (AvgIpc) is 2.72. The van der Waals surface area contributed by atoms with Gasteiger partial charge in [-0.1, -0.05) is 23.9 Å². The highest BCUT2D eigenvalue weighted by Gasteiger charge is 2.23. The number of thioether (sulfide) groups is 1. The maximum atomic E-state index is 13.9. The number of carbonyl (C=O) groups excluding carboxylic acids is 1. The van der Waals surface area contributed by atoms with Crippen molar-refractivity contribution in [1.82, 2.24) is 24.8 Å². The largest absolute Gasteiger partial charge is 0.366 e. The molecule has 3 aromatic rings. The minimum atomic E-state index is -0.231. The second-order valence-electron chi connectivity index (χ2n) is 6.44. The highest BCUT2D eigenvalue weighted by Crippen LogP contribution is 2.24. The van der Waals surface area contributed by atoms with Gasteiger partial charge in [0.05, 0.1) is 16.8 Å². The number of piperazine rings is 1. The Bertz CT molecular complexity index is 1010. The van der Waals surface area contributed by atoms with Crippen molar-refractivity contribution in [3.63, 3.8) is 0 Å². The molecule has 1 saturated heterocycles. The van der Waals surface area contributed by atoms with Gasteiger partial charge in [0.2, 0.25) is 5.91 Å². The topological polar surface area (TPSA) is 75.1 Å². The van der Waals surface area contributed by atoms with Crippen molar-refractivity contribution in [2.45, 2.75) is 11.9 Å². The van der Waals surface area contributed by atoms with Gasteiger partial charge in [0.15, 0.2) is 5.65 Å². The lowest BCUT2D eigenvalue weighted by Gasteiger charge is -2.36. The van der Waals surface area contributed by atoms with E-state index in [1.165, 1.54) is 24.2 Å². The molecule has 1 fully saturated rings.